The van der Waals surface area contributed by atoms with Crippen LogP contribution in [0.5, 0.6) is 5.75 Å². The molecule has 0 saturated heterocycles. The molecule has 102 valence electrons. The summed E-state index contributed by atoms with van der Waals surface area (Å²) in [6, 6.07) is 14.5. The predicted octanol–water partition coefficient (Wildman–Crippen LogP) is 2.12. The molecule has 0 unspecified atom stereocenters. The van der Waals surface area contributed by atoms with Crippen LogP contribution in [0.3, 0.4) is 0 Å². The largest absolute Gasteiger partial charge is 0.507 e. The van der Waals surface area contributed by atoms with Crippen molar-refractivity contribution < 1.29 is 19.8 Å². The van der Waals surface area contributed by atoms with Crippen LogP contribution in [0.25, 0.3) is 0 Å². The summed E-state index contributed by atoms with van der Waals surface area (Å²) in [5.74, 6) is -1.86. The molecule has 5 heteroatoms. The molecule has 0 bridgehead atoms. The first-order valence-electron chi connectivity index (χ1n) is 5.96. The fraction of sp³-hybridized carbons (Fsp3) is 0.0667. The zero-order chi connectivity index (χ0) is 14.5. The summed E-state index contributed by atoms with van der Waals surface area (Å²) in [5.41, 5.74) is 0.528. The molecule has 2 N–H and O–H groups in total. The second kappa shape index (κ2) is 5.88. The van der Waals surface area contributed by atoms with Gasteiger partial charge in [-0.25, -0.2) is 0 Å². The molecule has 0 fully saturated rings. The predicted molar refractivity (Wildman–Crippen MR) is 73.9 cm³/mol. The summed E-state index contributed by atoms with van der Waals surface area (Å²) in [6.45, 7) is -0.475. The molecule has 2 aromatic carbocycles. The average molecular weight is 271 g/mol. The van der Waals surface area contributed by atoms with Gasteiger partial charge < -0.3 is 10.2 Å². The molecule has 0 radical (unpaired) electrons. The summed E-state index contributed by atoms with van der Waals surface area (Å²) in [7, 11) is 0. The number of aliphatic carboxylic acids is 1. The minimum atomic E-state index is -1.13. The van der Waals surface area contributed by atoms with Crippen molar-refractivity contribution in [3.63, 3.8) is 0 Å². The van der Waals surface area contributed by atoms with E-state index in [0.717, 1.165) is 4.90 Å². The van der Waals surface area contributed by atoms with Crippen molar-refractivity contribution in [2.24, 2.45) is 0 Å². The van der Waals surface area contributed by atoms with E-state index in [2.05, 4.69) is 0 Å². The molecule has 0 saturated carbocycles. The van der Waals surface area contributed by atoms with Crippen LogP contribution in [-0.2, 0) is 4.79 Å². The highest BCUT2D eigenvalue weighted by Crippen LogP contribution is 2.22. The van der Waals surface area contributed by atoms with E-state index in [1.807, 2.05) is 0 Å². The van der Waals surface area contributed by atoms with Crippen LogP contribution in [0, 0.1) is 0 Å². The van der Waals surface area contributed by atoms with E-state index in [4.69, 9.17) is 5.11 Å². The molecule has 5 nitrogen and oxygen atoms in total. The maximum absolute atomic E-state index is 12.4. The first-order chi connectivity index (χ1) is 9.59. The number of rotatable bonds is 4. The molecule has 0 atom stereocenters. The lowest BCUT2D eigenvalue weighted by Crippen LogP contribution is -2.35. The number of phenolic OH excluding ortho intramolecular Hbond substituents is 1. The van der Waals surface area contributed by atoms with Gasteiger partial charge in [0.15, 0.2) is 0 Å². The smallest absolute Gasteiger partial charge is 0.323 e. The molecule has 20 heavy (non-hydrogen) atoms. The third-order valence-corrected chi connectivity index (χ3v) is 2.74. The standard InChI is InChI=1S/C15H13NO4/c17-13-9-5-4-8-12(13)15(20)16(10-14(18)19)11-6-2-1-3-7-11/h1-9,17H,10H2,(H,18,19). The molecule has 2 aromatic rings. The molecule has 0 aromatic heterocycles. The molecule has 1 amide bonds. The Bertz CT molecular complexity index is 625. The van der Waals surface area contributed by atoms with Crippen molar-refractivity contribution in [2.45, 2.75) is 0 Å². The summed E-state index contributed by atoms with van der Waals surface area (Å²) < 4.78 is 0. The molecule has 0 spiro atoms. The number of amides is 1. The van der Waals surface area contributed by atoms with Gasteiger partial charge in [0.05, 0.1) is 5.56 Å². The normalized spacial score (nSPS) is 10.0. The van der Waals surface area contributed by atoms with Gasteiger partial charge in [-0.05, 0) is 24.3 Å². The minimum Gasteiger partial charge on any atom is -0.507 e. The van der Waals surface area contributed by atoms with E-state index in [0.29, 0.717) is 5.69 Å². The molecular formula is C15H13NO4. The molecular weight excluding hydrogens is 258 g/mol. The zero-order valence-electron chi connectivity index (χ0n) is 10.6. The van der Waals surface area contributed by atoms with Gasteiger partial charge in [-0.1, -0.05) is 30.3 Å². The number of benzene rings is 2. The number of hydrogen-bond acceptors (Lipinski definition) is 3. The highest BCUT2D eigenvalue weighted by atomic mass is 16.4. The Morgan fingerprint density at radius 1 is 0.950 bits per heavy atom. The Labute approximate surface area is 115 Å². The molecule has 0 aliphatic heterocycles. The average Bonchev–Trinajstić information content (AvgIpc) is 2.45. The van der Waals surface area contributed by atoms with Gasteiger partial charge in [0.1, 0.15) is 12.3 Å². The van der Waals surface area contributed by atoms with Crippen molar-refractivity contribution in [1.82, 2.24) is 0 Å². The van der Waals surface area contributed by atoms with Crippen LogP contribution in [-0.4, -0.2) is 28.6 Å². The Morgan fingerprint density at radius 2 is 1.55 bits per heavy atom. The number of anilines is 1. The SMILES string of the molecule is O=C(O)CN(C(=O)c1ccccc1O)c1ccccc1. The van der Waals surface area contributed by atoms with Crippen LogP contribution < -0.4 is 4.90 Å². The molecule has 0 aliphatic carbocycles. The van der Waals surface area contributed by atoms with Crippen LogP contribution in [0.15, 0.2) is 54.6 Å². The highest BCUT2D eigenvalue weighted by molar-refractivity contribution is 6.09. The van der Waals surface area contributed by atoms with Gasteiger partial charge in [-0.3, -0.25) is 14.5 Å². The number of carbonyl (C=O) groups excluding carboxylic acids is 1. The van der Waals surface area contributed by atoms with Crippen LogP contribution in [0.4, 0.5) is 5.69 Å². The Hall–Kier alpha value is -2.82. The monoisotopic (exact) mass is 271 g/mol. The first-order valence-corrected chi connectivity index (χ1v) is 5.96. The third-order valence-electron chi connectivity index (χ3n) is 2.74. The van der Waals surface area contributed by atoms with Crippen molar-refractivity contribution in [2.75, 3.05) is 11.4 Å². The van der Waals surface area contributed by atoms with Gasteiger partial charge in [0.2, 0.25) is 0 Å². The Morgan fingerprint density at radius 3 is 2.15 bits per heavy atom. The van der Waals surface area contributed by atoms with E-state index in [-0.39, 0.29) is 11.3 Å². The number of nitrogens with zero attached hydrogens (tertiary/aromatic N) is 1. The maximum atomic E-state index is 12.4. The van der Waals surface area contributed by atoms with Crippen LogP contribution >= 0.6 is 0 Å². The van der Waals surface area contributed by atoms with Crippen LogP contribution in [0.2, 0.25) is 0 Å². The number of aromatic hydroxyl groups is 1. The Balaban J connectivity index is 2.40. The van der Waals surface area contributed by atoms with Crippen molar-refractivity contribution in [3.05, 3.63) is 60.2 Å². The quantitative estimate of drug-likeness (QED) is 0.892. The van der Waals surface area contributed by atoms with Gasteiger partial charge in [0, 0.05) is 5.69 Å². The van der Waals surface area contributed by atoms with E-state index in [9.17, 15) is 14.7 Å². The lowest BCUT2D eigenvalue weighted by atomic mass is 10.1. The second-order valence-corrected chi connectivity index (χ2v) is 4.14. The Kier molecular flexibility index (Phi) is 4.00. The summed E-state index contributed by atoms with van der Waals surface area (Å²) in [5, 5.41) is 18.7. The third kappa shape index (κ3) is 2.95. The van der Waals surface area contributed by atoms with Crippen LogP contribution in [0.1, 0.15) is 10.4 Å². The van der Waals surface area contributed by atoms with E-state index in [1.165, 1.54) is 12.1 Å². The van der Waals surface area contributed by atoms with Gasteiger partial charge in [0.25, 0.3) is 5.91 Å². The number of para-hydroxylation sites is 2. The fourth-order valence-corrected chi connectivity index (χ4v) is 1.82. The lowest BCUT2D eigenvalue weighted by molar-refractivity contribution is -0.135. The zero-order valence-corrected chi connectivity index (χ0v) is 10.6. The minimum absolute atomic E-state index is 0.0672. The highest BCUT2D eigenvalue weighted by Gasteiger charge is 2.22. The number of phenols is 1. The topological polar surface area (TPSA) is 77.8 Å². The second-order valence-electron chi connectivity index (χ2n) is 4.14. The van der Waals surface area contributed by atoms with Gasteiger partial charge in [-0.15, -0.1) is 0 Å². The van der Waals surface area contributed by atoms with E-state index < -0.39 is 18.4 Å². The summed E-state index contributed by atoms with van der Waals surface area (Å²) in [4.78, 5) is 24.5. The van der Waals surface area contributed by atoms with Crippen molar-refractivity contribution in [1.29, 1.82) is 0 Å². The number of carboxylic acid groups (broad SMARTS) is 1. The van der Waals surface area contributed by atoms with Crippen molar-refractivity contribution >= 4 is 17.6 Å². The molecule has 2 rings (SSSR count). The molecule has 0 aliphatic rings. The number of carboxylic acids is 1. The number of hydrogen-bond donors (Lipinski definition) is 2. The van der Waals surface area contributed by atoms with E-state index >= 15 is 0 Å². The lowest BCUT2D eigenvalue weighted by Gasteiger charge is -2.21. The maximum Gasteiger partial charge on any atom is 0.323 e. The van der Waals surface area contributed by atoms with E-state index in [1.54, 1.807) is 42.5 Å². The van der Waals surface area contributed by atoms with Gasteiger partial charge in [-0.2, -0.15) is 0 Å². The number of carbonyl (C=O) groups is 2. The summed E-state index contributed by atoms with van der Waals surface area (Å²) in [6.07, 6.45) is 0. The summed E-state index contributed by atoms with van der Waals surface area (Å²) >= 11 is 0. The fourth-order valence-electron chi connectivity index (χ4n) is 1.82. The molecule has 0 heterocycles. The van der Waals surface area contributed by atoms with Gasteiger partial charge >= 0.3 is 5.97 Å². The first kappa shape index (κ1) is 13.6. The van der Waals surface area contributed by atoms with Crippen molar-refractivity contribution in [3.8, 4) is 5.75 Å².